The summed E-state index contributed by atoms with van der Waals surface area (Å²) in [4.78, 5) is 41.4. The average Bonchev–Trinajstić information content (AvgIpc) is 3.41. The van der Waals surface area contributed by atoms with Gasteiger partial charge in [-0.2, -0.15) is 13.2 Å². The van der Waals surface area contributed by atoms with Crippen LogP contribution in [0.15, 0.2) is 55.0 Å². The molecule has 1 aromatic carbocycles. The van der Waals surface area contributed by atoms with Crippen LogP contribution in [0, 0.1) is 5.41 Å². The lowest BCUT2D eigenvalue weighted by atomic mass is 9.83. The summed E-state index contributed by atoms with van der Waals surface area (Å²) < 4.78 is 51.9. The van der Waals surface area contributed by atoms with Crippen molar-refractivity contribution in [1.29, 1.82) is 0 Å². The first-order valence-electron chi connectivity index (χ1n) is 14.4. The number of hydrogen-bond donors (Lipinski definition) is 2. The van der Waals surface area contributed by atoms with Crippen LogP contribution in [0.3, 0.4) is 0 Å². The number of alkyl halides is 3. The molecule has 2 aliphatic rings. The molecule has 2 amide bonds. The predicted octanol–water partition coefficient (Wildman–Crippen LogP) is 4.40. The quantitative estimate of drug-likeness (QED) is 0.309. The Morgan fingerprint density at radius 3 is 2.56 bits per heavy atom. The number of imidazole rings is 1. The number of anilines is 2. The van der Waals surface area contributed by atoms with Crippen molar-refractivity contribution < 1.29 is 32.2 Å². The van der Waals surface area contributed by atoms with Crippen molar-refractivity contribution in [2.45, 2.75) is 37.9 Å². The number of nitrogen functional groups attached to an aromatic ring is 1. The summed E-state index contributed by atoms with van der Waals surface area (Å²) in [5.74, 6) is 0.109. The molecule has 0 saturated carbocycles. The molecule has 3 N–H and O–H groups in total. The van der Waals surface area contributed by atoms with Gasteiger partial charge in [-0.1, -0.05) is 12.1 Å². The van der Waals surface area contributed by atoms with Gasteiger partial charge in [-0.05, 0) is 44.0 Å². The van der Waals surface area contributed by atoms with Gasteiger partial charge in [0.25, 0.3) is 5.91 Å². The van der Waals surface area contributed by atoms with Crippen LogP contribution in [0.25, 0.3) is 16.8 Å². The topological polar surface area (TPSA) is 137 Å². The lowest BCUT2D eigenvalue weighted by molar-refractivity contribution is -0.174. The molecule has 2 fully saturated rings. The second-order valence-electron chi connectivity index (χ2n) is 11.7. The highest BCUT2D eigenvalue weighted by Gasteiger charge is 2.47. The summed E-state index contributed by atoms with van der Waals surface area (Å²) in [5.41, 5.74) is 6.89. The summed E-state index contributed by atoms with van der Waals surface area (Å²) >= 11 is 0. The number of nitrogens with one attached hydrogen (secondary N) is 1. The smallest absolute Gasteiger partial charge is 0.383 e. The molecule has 14 heteroatoms. The lowest BCUT2D eigenvalue weighted by Crippen LogP contribution is -2.58. The number of rotatable bonds is 7. The van der Waals surface area contributed by atoms with E-state index < -0.39 is 23.1 Å². The standard InChI is InChI=1S/C31H32F3N7O4/c1-30(16-45-17-30)29(43)41-14-20(7-8-22(41)15-44-2)27-39-24(25-26(35)37-11-12-40(25)27)18-3-5-19(6-4-18)28(42)38-23-13-21(9-10-36-23)31(32,33)34/h3-6,9-13,20,22H,7-8,14-17H2,1-2H3,(H2,35,37)(H,36,38,42). The Bertz CT molecular complexity index is 1740. The number of benzene rings is 1. The Balaban J connectivity index is 1.28. The first-order valence-corrected chi connectivity index (χ1v) is 14.4. The molecular formula is C31H32F3N7O4. The zero-order valence-corrected chi connectivity index (χ0v) is 24.7. The van der Waals surface area contributed by atoms with Crippen LogP contribution >= 0.6 is 0 Å². The first kappa shape index (κ1) is 30.5. The molecule has 0 spiro atoms. The van der Waals surface area contributed by atoms with Crippen molar-refractivity contribution in [1.82, 2.24) is 24.3 Å². The Kier molecular flexibility index (Phi) is 7.95. The van der Waals surface area contributed by atoms with E-state index >= 15 is 0 Å². The van der Waals surface area contributed by atoms with E-state index in [1.807, 2.05) is 16.2 Å². The number of carbonyl (C=O) groups excluding carboxylic acids is 2. The minimum Gasteiger partial charge on any atom is -0.383 e. The van der Waals surface area contributed by atoms with Gasteiger partial charge in [0, 0.05) is 49.3 Å². The van der Waals surface area contributed by atoms with E-state index in [9.17, 15) is 22.8 Å². The average molecular weight is 624 g/mol. The number of amides is 2. The van der Waals surface area contributed by atoms with Crippen LogP contribution in [0.4, 0.5) is 24.8 Å². The Labute approximate surface area is 256 Å². The fraction of sp³-hybridized carbons (Fsp3) is 0.387. The van der Waals surface area contributed by atoms with E-state index in [4.69, 9.17) is 20.2 Å². The maximum absolute atomic E-state index is 13.6. The van der Waals surface area contributed by atoms with Crippen molar-refractivity contribution in [2.24, 2.45) is 5.41 Å². The lowest BCUT2D eigenvalue weighted by Gasteiger charge is -2.46. The molecule has 11 nitrogen and oxygen atoms in total. The number of halogens is 3. The van der Waals surface area contributed by atoms with Gasteiger partial charge < -0.3 is 25.4 Å². The summed E-state index contributed by atoms with van der Waals surface area (Å²) in [6.07, 6.45) is 1.32. The molecule has 6 rings (SSSR count). The molecule has 5 heterocycles. The second-order valence-corrected chi connectivity index (χ2v) is 11.7. The van der Waals surface area contributed by atoms with Crippen LogP contribution in [0.2, 0.25) is 0 Å². The third-order valence-electron chi connectivity index (χ3n) is 8.41. The van der Waals surface area contributed by atoms with Crippen LogP contribution in [-0.4, -0.2) is 75.6 Å². The molecule has 0 radical (unpaired) electrons. The number of nitrogens with zero attached hydrogens (tertiary/aromatic N) is 5. The van der Waals surface area contributed by atoms with Crippen molar-refractivity contribution >= 4 is 29.0 Å². The van der Waals surface area contributed by atoms with Gasteiger partial charge in [0.2, 0.25) is 5.91 Å². The third kappa shape index (κ3) is 5.82. The number of hydrogen-bond acceptors (Lipinski definition) is 8. The minimum absolute atomic E-state index is 0.0389. The van der Waals surface area contributed by atoms with Crippen molar-refractivity contribution in [3.63, 3.8) is 0 Å². The van der Waals surface area contributed by atoms with Crippen LogP contribution in [-0.2, 0) is 20.4 Å². The maximum atomic E-state index is 13.6. The molecule has 4 aromatic rings. The third-order valence-corrected chi connectivity index (χ3v) is 8.41. The SMILES string of the molecule is COCC1CCC(c2nc(-c3ccc(C(=O)Nc4cc(C(F)(F)F)ccn4)cc3)c3c(N)nccn23)CN1C(=O)C1(C)COC1. The number of pyridine rings is 1. The summed E-state index contributed by atoms with van der Waals surface area (Å²) in [6.45, 7) is 3.57. The molecule has 0 aliphatic carbocycles. The molecule has 0 bridgehead atoms. The van der Waals surface area contributed by atoms with E-state index in [1.54, 1.807) is 43.8 Å². The van der Waals surface area contributed by atoms with Gasteiger partial charge in [0.1, 0.15) is 28.7 Å². The molecule has 2 unspecified atom stereocenters. The normalized spacial score (nSPS) is 19.7. The van der Waals surface area contributed by atoms with E-state index in [2.05, 4.69) is 15.3 Å². The molecular weight excluding hydrogens is 591 g/mol. The molecule has 3 aromatic heterocycles. The van der Waals surface area contributed by atoms with E-state index in [0.717, 1.165) is 37.0 Å². The van der Waals surface area contributed by atoms with E-state index in [1.165, 1.54) is 0 Å². The van der Waals surface area contributed by atoms with E-state index in [0.29, 0.717) is 43.1 Å². The zero-order valence-electron chi connectivity index (χ0n) is 24.7. The maximum Gasteiger partial charge on any atom is 0.416 e. The van der Waals surface area contributed by atoms with Crippen LogP contribution < -0.4 is 11.1 Å². The van der Waals surface area contributed by atoms with Gasteiger partial charge in [-0.25, -0.2) is 15.0 Å². The minimum atomic E-state index is -4.56. The molecule has 2 saturated heterocycles. The number of nitrogens with two attached hydrogens (primary N) is 1. The number of ether oxygens (including phenoxy) is 2. The molecule has 236 valence electrons. The fourth-order valence-electron chi connectivity index (χ4n) is 5.95. The number of likely N-dealkylation sites (tertiary alicyclic amines) is 1. The monoisotopic (exact) mass is 623 g/mol. The number of piperidine rings is 1. The first-order chi connectivity index (χ1) is 21.5. The van der Waals surface area contributed by atoms with Crippen molar-refractivity contribution in [3.05, 3.63) is 71.9 Å². The van der Waals surface area contributed by atoms with Gasteiger partial charge in [-0.15, -0.1) is 0 Å². The van der Waals surface area contributed by atoms with Crippen molar-refractivity contribution in [3.8, 4) is 11.3 Å². The predicted molar refractivity (Wildman–Crippen MR) is 158 cm³/mol. The molecule has 2 atom stereocenters. The number of methoxy groups -OCH3 is 1. The highest BCUT2D eigenvalue weighted by atomic mass is 19.4. The summed E-state index contributed by atoms with van der Waals surface area (Å²) in [7, 11) is 1.63. The van der Waals surface area contributed by atoms with Crippen LogP contribution in [0.1, 0.15) is 47.4 Å². The van der Waals surface area contributed by atoms with Gasteiger partial charge in [0.15, 0.2) is 0 Å². The Morgan fingerprint density at radius 2 is 1.89 bits per heavy atom. The number of fused-ring (bicyclic) bond motifs is 1. The molecule has 45 heavy (non-hydrogen) atoms. The van der Waals surface area contributed by atoms with Crippen molar-refractivity contribution in [2.75, 3.05) is 44.5 Å². The van der Waals surface area contributed by atoms with Crippen LogP contribution in [0.5, 0.6) is 0 Å². The van der Waals surface area contributed by atoms with Gasteiger partial charge in [0.05, 0.1) is 36.8 Å². The largest absolute Gasteiger partial charge is 0.416 e. The Hall–Kier alpha value is -4.56. The van der Waals surface area contributed by atoms with Gasteiger partial charge >= 0.3 is 6.18 Å². The fourth-order valence-corrected chi connectivity index (χ4v) is 5.95. The highest BCUT2D eigenvalue weighted by Crippen LogP contribution is 2.38. The summed E-state index contributed by atoms with van der Waals surface area (Å²) in [6, 6.07) is 8.03. The number of carbonyl (C=O) groups is 2. The molecule has 2 aliphatic heterocycles. The van der Waals surface area contributed by atoms with Gasteiger partial charge in [-0.3, -0.25) is 14.0 Å². The summed E-state index contributed by atoms with van der Waals surface area (Å²) in [5, 5.41) is 2.41. The number of aromatic nitrogens is 4. The highest BCUT2D eigenvalue weighted by molar-refractivity contribution is 6.04. The zero-order chi connectivity index (χ0) is 31.9. The van der Waals surface area contributed by atoms with E-state index in [-0.39, 0.29) is 35.1 Å². The Morgan fingerprint density at radius 1 is 1.13 bits per heavy atom. The second kappa shape index (κ2) is 11.7.